The van der Waals surface area contributed by atoms with Crippen LogP contribution in [0.2, 0.25) is 0 Å². The molecule has 31 heavy (non-hydrogen) atoms. The van der Waals surface area contributed by atoms with E-state index in [1.165, 1.54) is 12.1 Å². The summed E-state index contributed by atoms with van der Waals surface area (Å²) in [6.45, 7) is 3.30. The first-order valence-corrected chi connectivity index (χ1v) is 12.7. The van der Waals surface area contributed by atoms with Gasteiger partial charge in [-0.05, 0) is 62.6 Å². The van der Waals surface area contributed by atoms with Crippen LogP contribution in [0.4, 0.5) is 4.39 Å². The normalized spacial score (nSPS) is 14.6. The van der Waals surface area contributed by atoms with Gasteiger partial charge in [0.2, 0.25) is 20.0 Å². The standard InChI is InChI=1S/C20H24FN3O5S2/c1-13(2)23-31(28,29)17-9-10-19(21)18(11-17)20(25)22-12-14-3-7-16(8-4-14)30(26,27)24-15-5-6-15/h3-4,7-11,13,15,23-24H,5-6,12H2,1-2H3,(H,22,25). The molecular formula is C20H24FN3O5S2. The van der Waals surface area contributed by atoms with E-state index < -0.39 is 37.3 Å². The third-order valence-electron chi connectivity index (χ3n) is 4.47. The zero-order valence-corrected chi connectivity index (χ0v) is 18.7. The van der Waals surface area contributed by atoms with Crippen molar-refractivity contribution in [3.8, 4) is 0 Å². The summed E-state index contributed by atoms with van der Waals surface area (Å²) in [6.07, 6.45) is 1.66. The lowest BCUT2D eigenvalue weighted by atomic mass is 10.2. The first kappa shape index (κ1) is 23.3. The van der Waals surface area contributed by atoms with Crippen LogP contribution in [-0.2, 0) is 26.6 Å². The molecule has 168 valence electrons. The summed E-state index contributed by atoms with van der Waals surface area (Å²) in [7, 11) is -7.45. The fraction of sp³-hybridized carbons (Fsp3) is 0.350. The van der Waals surface area contributed by atoms with Crippen LogP contribution in [0.3, 0.4) is 0 Å². The number of carbonyl (C=O) groups is 1. The van der Waals surface area contributed by atoms with Gasteiger partial charge in [0.05, 0.1) is 15.4 Å². The van der Waals surface area contributed by atoms with Gasteiger partial charge in [0, 0.05) is 18.6 Å². The third-order valence-corrected chi connectivity index (χ3v) is 7.66. The molecule has 8 nitrogen and oxygen atoms in total. The molecule has 0 atom stereocenters. The van der Waals surface area contributed by atoms with Crippen LogP contribution in [0.5, 0.6) is 0 Å². The number of halogens is 1. The van der Waals surface area contributed by atoms with E-state index in [0.29, 0.717) is 5.56 Å². The molecule has 0 aliphatic heterocycles. The van der Waals surface area contributed by atoms with Crippen molar-refractivity contribution in [2.45, 2.75) is 55.1 Å². The highest BCUT2D eigenvalue weighted by atomic mass is 32.2. The Hall–Kier alpha value is -2.34. The van der Waals surface area contributed by atoms with Crippen LogP contribution in [0, 0.1) is 5.82 Å². The van der Waals surface area contributed by atoms with Gasteiger partial charge in [-0.1, -0.05) is 12.1 Å². The average molecular weight is 470 g/mol. The highest BCUT2D eigenvalue weighted by Gasteiger charge is 2.27. The van der Waals surface area contributed by atoms with E-state index >= 15 is 0 Å². The van der Waals surface area contributed by atoms with Crippen LogP contribution in [0.25, 0.3) is 0 Å². The van der Waals surface area contributed by atoms with Gasteiger partial charge in [0.1, 0.15) is 5.82 Å². The molecule has 1 aliphatic carbocycles. The molecule has 0 saturated heterocycles. The van der Waals surface area contributed by atoms with Gasteiger partial charge in [-0.15, -0.1) is 0 Å². The van der Waals surface area contributed by atoms with Crippen molar-refractivity contribution in [3.05, 3.63) is 59.4 Å². The lowest BCUT2D eigenvalue weighted by Crippen LogP contribution is -2.31. The van der Waals surface area contributed by atoms with Gasteiger partial charge in [-0.3, -0.25) is 4.79 Å². The Labute approximate surface area is 181 Å². The summed E-state index contributed by atoms with van der Waals surface area (Å²) in [5.41, 5.74) is 0.198. The maximum absolute atomic E-state index is 14.1. The van der Waals surface area contributed by atoms with Crippen molar-refractivity contribution < 1.29 is 26.0 Å². The first-order chi connectivity index (χ1) is 14.5. The molecule has 1 saturated carbocycles. The second kappa shape index (κ2) is 9.03. The van der Waals surface area contributed by atoms with E-state index in [-0.39, 0.29) is 28.4 Å². The monoisotopic (exact) mass is 469 g/mol. The first-order valence-electron chi connectivity index (χ1n) is 9.69. The van der Waals surface area contributed by atoms with Crippen LogP contribution in [0.1, 0.15) is 42.6 Å². The largest absolute Gasteiger partial charge is 0.348 e. The Balaban J connectivity index is 1.68. The van der Waals surface area contributed by atoms with Crippen molar-refractivity contribution in [2.24, 2.45) is 0 Å². The Kier molecular flexibility index (Phi) is 6.79. The molecule has 1 fully saturated rings. The quantitative estimate of drug-likeness (QED) is 0.518. The highest BCUT2D eigenvalue weighted by molar-refractivity contribution is 7.89. The third kappa shape index (κ3) is 6.10. The summed E-state index contributed by atoms with van der Waals surface area (Å²) in [6, 6.07) is 8.58. The number of nitrogens with one attached hydrogen (secondary N) is 3. The number of carbonyl (C=O) groups excluding carboxylic acids is 1. The van der Waals surface area contributed by atoms with Crippen LogP contribution >= 0.6 is 0 Å². The zero-order chi connectivity index (χ0) is 22.8. The predicted octanol–water partition coefficient (Wildman–Crippen LogP) is 1.88. The fourth-order valence-corrected chi connectivity index (χ4v) is 5.36. The molecule has 3 N–H and O–H groups in total. The molecular weight excluding hydrogens is 445 g/mol. The summed E-state index contributed by atoms with van der Waals surface area (Å²) in [5.74, 6) is -1.64. The van der Waals surface area contributed by atoms with E-state index in [1.807, 2.05) is 0 Å². The molecule has 0 aromatic heterocycles. The number of benzene rings is 2. The molecule has 2 aromatic rings. The molecule has 0 radical (unpaired) electrons. The molecule has 3 rings (SSSR count). The number of rotatable bonds is 9. The minimum Gasteiger partial charge on any atom is -0.348 e. The minimum atomic E-state index is -3.88. The average Bonchev–Trinajstić information content (AvgIpc) is 3.49. The van der Waals surface area contributed by atoms with Gasteiger partial charge in [0.15, 0.2) is 0 Å². The minimum absolute atomic E-state index is 0.00539. The van der Waals surface area contributed by atoms with Crippen molar-refractivity contribution in [1.29, 1.82) is 0 Å². The van der Waals surface area contributed by atoms with Gasteiger partial charge in [0.25, 0.3) is 5.91 Å². The summed E-state index contributed by atoms with van der Waals surface area (Å²) in [5, 5.41) is 2.52. The fourth-order valence-electron chi connectivity index (χ4n) is 2.78. The van der Waals surface area contributed by atoms with Crippen LogP contribution in [-0.4, -0.2) is 34.8 Å². The molecule has 2 aromatic carbocycles. The summed E-state index contributed by atoms with van der Waals surface area (Å²) in [4.78, 5) is 12.3. The molecule has 11 heteroatoms. The van der Waals surface area contributed by atoms with Gasteiger partial charge >= 0.3 is 0 Å². The lowest BCUT2D eigenvalue weighted by Gasteiger charge is -2.12. The lowest BCUT2D eigenvalue weighted by molar-refractivity contribution is 0.0946. The number of hydrogen-bond donors (Lipinski definition) is 3. The van der Waals surface area contributed by atoms with Crippen molar-refractivity contribution in [3.63, 3.8) is 0 Å². The molecule has 1 amide bonds. The van der Waals surface area contributed by atoms with Crippen molar-refractivity contribution in [2.75, 3.05) is 0 Å². The van der Waals surface area contributed by atoms with Gasteiger partial charge < -0.3 is 5.32 Å². The number of amides is 1. The van der Waals surface area contributed by atoms with Gasteiger partial charge in [-0.25, -0.2) is 30.7 Å². The van der Waals surface area contributed by atoms with E-state index in [2.05, 4.69) is 14.8 Å². The SMILES string of the molecule is CC(C)NS(=O)(=O)c1ccc(F)c(C(=O)NCc2ccc(S(=O)(=O)NC3CC3)cc2)c1. The molecule has 0 spiro atoms. The zero-order valence-electron chi connectivity index (χ0n) is 17.1. The van der Waals surface area contributed by atoms with E-state index in [1.54, 1.807) is 26.0 Å². The molecule has 0 bridgehead atoms. The number of sulfonamides is 2. The molecule has 0 unspecified atom stereocenters. The molecule has 1 aliphatic rings. The van der Waals surface area contributed by atoms with E-state index in [4.69, 9.17) is 0 Å². The maximum atomic E-state index is 14.1. The topological polar surface area (TPSA) is 121 Å². The maximum Gasteiger partial charge on any atom is 0.254 e. The predicted molar refractivity (Wildman–Crippen MR) is 113 cm³/mol. The Morgan fingerprint density at radius 2 is 1.61 bits per heavy atom. The van der Waals surface area contributed by atoms with E-state index in [9.17, 15) is 26.0 Å². The summed E-state index contributed by atoms with van der Waals surface area (Å²) >= 11 is 0. The second-order valence-electron chi connectivity index (χ2n) is 7.64. The van der Waals surface area contributed by atoms with E-state index in [0.717, 1.165) is 31.0 Å². The van der Waals surface area contributed by atoms with Crippen LogP contribution < -0.4 is 14.8 Å². The Morgan fingerprint density at radius 1 is 1.00 bits per heavy atom. The van der Waals surface area contributed by atoms with Gasteiger partial charge in [-0.2, -0.15) is 0 Å². The smallest absolute Gasteiger partial charge is 0.254 e. The number of hydrogen-bond acceptors (Lipinski definition) is 5. The Bertz CT molecular complexity index is 1180. The second-order valence-corrected chi connectivity index (χ2v) is 11.1. The van der Waals surface area contributed by atoms with Crippen LogP contribution in [0.15, 0.2) is 52.3 Å². The Morgan fingerprint density at radius 3 is 2.19 bits per heavy atom. The molecule has 0 heterocycles. The highest BCUT2D eigenvalue weighted by Crippen LogP contribution is 2.22. The summed E-state index contributed by atoms with van der Waals surface area (Å²) < 4.78 is 68.0. The van der Waals surface area contributed by atoms with Crippen molar-refractivity contribution >= 4 is 26.0 Å². The van der Waals surface area contributed by atoms with Crippen molar-refractivity contribution in [1.82, 2.24) is 14.8 Å².